The van der Waals surface area contributed by atoms with Crippen molar-refractivity contribution in [1.82, 2.24) is 20.6 Å². The van der Waals surface area contributed by atoms with Gasteiger partial charge in [0.1, 0.15) is 0 Å². The van der Waals surface area contributed by atoms with Gasteiger partial charge in [0, 0.05) is 0 Å². The summed E-state index contributed by atoms with van der Waals surface area (Å²) in [6.45, 7) is 3.29. The molecule has 0 bridgehead atoms. The molecule has 5 nitrogen and oxygen atoms in total. The van der Waals surface area contributed by atoms with Crippen LogP contribution in [0.2, 0.25) is 0 Å². The minimum absolute atomic E-state index is 0.181. The van der Waals surface area contributed by atoms with E-state index in [1.165, 1.54) is 6.26 Å². The number of nitrogens with zero attached hydrogens (tertiary/aromatic N) is 3. The minimum atomic E-state index is 0.181. The van der Waals surface area contributed by atoms with E-state index in [-0.39, 0.29) is 6.01 Å². The van der Waals surface area contributed by atoms with Gasteiger partial charge in [-0.2, -0.15) is 5.21 Å². The summed E-state index contributed by atoms with van der Waals surface area (Å²) in [4.78, 5) is 0. The fourth-order valence-electron chi connectivity index (χ4n) is 0.277. The molecule has 0 aliphatic carbocycles. The molecule has 1 aromatic heterocycles. The van der Waals surface area contributed by atoms with Crippen molar-refractivity contribution in [2.75, 3.05) is 0 Å². The largest absolute Gasteiger partial charge is 0.431 e. The summed E-state index contributed by atoms with van der Waals surface area (Å²) in [5.41, 5.74) is 0. The van der Waals surface area contributed by atoms with E-state index < -0.39 is 0 Å². The Kier molecular flexibility index (Phi) is 1.23. The number of H-pyrrole nitrogens is 1. The summed E-state index contributed by atoms with van der Waals surface area (Å²) in [6.07, 6.45) is 1.23. The zero-order chi connectivity index (χ0) is 5.82. The molecule has 1 aromatic rings. The van der Waals surface area contributed by atoms with Crippen LogP contribution in [0.25, 0.3) is 0 Å². The highest BCUT2D eigenvalue weighted by Crippen LogP contribution is 1.91. The highest BCUT2D eigenvalue weighted by molar-refractivity contribution is 4.83. The molecule has 1 heterocycles. The first-order valence-corrected chi connectivity index (χ1v) is 1.94. The molecule has 42 valence electrons. The van der Waals surface area contributed by atoms with Crippen molar-refractivity contribution in [3.8, 4) is 6.01 Å². The van der Waals surface area contributed by atoms with Crippen LogP contribution in [0.1, 0.15) is 0 Å². The predicted octanol–water partition coefficient (Wildman–Crippen LogP) is -0.278. The number of hydrogen-bond acceptors (Lipinski definition) is 4. The second kappa shape index (κ2) is 2.06. The van der Waals surface area contributed by atoms with Crippen LogP contribution in [0.3, 0.4) is 0 Å². The quantitative estimate of drug-likeness (QED) is 0.534. The monoisotopic (exact) mass is 112 g/mol. The van der Waals surface area contributed by atoms with Crippen LogP contribution in [0.15, 0.2) is 12.8 Å². The first kappa shape index (κ1) is 4.76. The molecular formula is C3H4N4O. The lowest BCUT2D eigenvalue weighted by Gasteiger charge is -1.82. The molecular weight excluding hydrogens is 108 g/mol. The van der Waals surface area contributed by atoms with Gasteiger partial charge in [0.05, 0.1) is 6.26 Å². The number of aromatic amines is 1. The summed E-state index contributed by atoms with van der Waals surface area (Å²) in [5.74, 6) is 0. The SMILES string of the molecule is C=COc1nn[nH]n1. The Morgan fingerprint density at radius 1 is 1.75 bits per heavy atom. The number of nitrogens with one attached hydrogen (secondary N) is 1. The van der Waals surface area contributed by atoms with Gasteiger partial charge < -0.3 is 4.74 Å². The molecule has 0 spiro atoms. The van der Waals surface area contributed by atoms with Crippen LogP contribution in [-0.4, -0.2) is 20.6 Å². The van der Waals surface area contributed by atoms with Crippen molar-refractivity contribution in [1.29, 1.82) is 0 Å². The second-order valence-corrected chi connectivity index (χ2v) is 0.979. The van der Waals surface area contributed by atoms with Gasteiger partial charge in [0.25, 0.3) is 0 Å². The Labute approximate surface area is 45.4 Å². The molecule has 0 saturated heterocycles. The van der Waals surface area contributed by atoms with E-state index in [1.54, 1.807) is 0 Å². The van der Waals surface area contributed by atoms with Gasteiger partial charge in [0.15, 0.2) is 0 Å². The molecule has 0 aromatic carbocycles. The van der Waals surface area contributed by atoms with Gasteiger partial charge in [-0.1, -0.05) is 16.8 Å². The van der Waals surface area contributed by atoms with Crippen molar-refractivity contribution in [2.45, 2.75) is 0 Å². The fourth-order valence-corrected chi connectivity index (χ4v) is 0.277. The molecule has 0 fully saturated rings. The normalized spacial score (nSPS) is 8.50. The first-order chi connectivity index (χ1) is 3.93. The Balaban J connectivity index is 2.62. The lowest BCUT2D eigenvalue weighted by molar-refractivity contribution is 0.443. The standard InChI is InChI=1S/C3H4N4O/c1-2-8-3-4-6-7-5-3/h2H,1H2,(H,4,5,6,7). The second-order valence-electron chi connectivity index (χ2n) is 0.979. The van der Waals surface area contributed by atoms with Crippen molar-refractivity contribution in [2.24, 2.45) is 0 Å². The Bertz CT molecular complexity index is 158. The van der Waals surface area contributed by atoms with E-state index >= 15 is 0 Å². The summed E-state index contributed by atoms with van der Waals surface area (Å²) < 4.78 is 4.59. The summed E-state index contributed by atoms with van der Waals surface area (Å²) in [5, 5.41) is 12.4. The van der Waals surface area contributed by atoms with E-state index in [1.807, 2.05) is 0 Å². The number of aromatic nitrogens is 4. The van der Waals surface area contributed by atoms with E-state index in [0.29, 0.717) is 0 Å². The average Bonchev–Trinajstić information content (AvgIpc) is 2.19. The molecule has 1 rings (SSSR count). The highest BCUT2D eigenvalue weighted by atomic mass is 16.5. The van der Waals surface area contributed by atoms with Gasteiger partial charge in [-0.05, 0) is 5.21 Å². The predicted molar refractivity (Wildman–Crippen MR) is 25.0 cm³/mol. The van der Waals surface area contributed by atoms with E-state index in [2.05, 4.69) is 31.9 Å². The zero-order valence-electron chi connectivity index (χ0n) is 4.03. The van der Waals surface area contributed by atoms with E-state index in [4.69, 9.17) is 0 Å². The van der Waals surface area contributed by atoms with Crippen LogP contribution in [0, 0.1) is 0 Å². The lowest BCUT2D eigenvalue weighted by Crippen LogP contribution is -1.81. The van der Waals surface area contributed by atoms with Gasteiger partial charge in [-0.3, -0.25) is 0 Å². The summed E-state index contributed by atoms with van der Waals surface area (Å²) in [6, 6.07) is 0.181. The van der Waals surface area contributed by atoms with Crippen LogP contribution >= 0.6 is 0 Å². The molecule has 0 unspecified atom stereocenters. The molecule has 0 radical (unpaired) electrons. The van der Waals surface area contributed by atoms with Gasteiger partial charge in [-0.15, -0.1) is 0 Å². The van der Waals surface area contributed by atoms with E-state index in [0.717, 1.165) is 0 Å². The minimum Gasteiger partial charge on any atom is -0.431 e. The zero-order valence-corrected chi connectivity index (χ0v) is 4.03. The maximum absolute atomic E-state index is 4.59. The Morgan fingerprint density at radius 2 is 2.62 bits per heavy atom. The molecule has 0 saturated carbocycles. The Morgan fingerprint density at radius 3 is 3.12 bits per heavy atom. The smallest absolute Gasteiger partial charge is 0.360 e. The van der Waals surface area contributed by atoms with Crippen molar-refractivity contribution < 1.29 is 4.74 Å². The van der Waals surface area contributed by atoms with Crippen LogP contribution in [0.5, 0.6) is 6.01 Å². The maximum atomic E-state index is 4.59. The van der Waals surface area contributed by atoms with Gasteiger partial charge >= 0.3 is 6.01 Å². The Hall–Kier alpha value is -1.39. The van der Waals surface area contributed by atoms with Crippen molar-refractivity contribution in [3.05, 3.63) is 12.8 Å². The van der Waals surface area contributed by atoms with Gasteiger partial charge in [-0.25, -0.2) is 0 Å². The van der Waals surface area contributed by atoms with Crippen LogP contribution in [-0.2, 0) is 0 Å². The topological polar surface area (TPSA) is 63.7 Å². The molecule has 1 N–H and O–H groups in total. The first-order valence-electron chi connectivity index (χ1n) is 1.94. The van der Waals surface area contributed by atoms with Crippen LogP contribution < -0.4 is 4.74 Å². The molecule has 0 atom stereocenters. The number of hydrogen-bond donors (Lipinski definition) is 1. The average molecular weight is 112 g/mol. The summed E-state index contributed by atoms with van der Waals surface area (Å²) in [7, 11) is 0. The number of ether oxygens (including phenoxy) is 1. The third kappa shape index (κ3) is 0.810. The molecule has 8 heavy (non-hydrogen) atoms. The molecule has 0 amide bonds. The molecule has 0 aliphatic rings. The number of tetrazole rings is 1. The van der Waals surface area contributed by atoms with E-state index in [9.17, 15) is 0 Å². The van der Waals surface area contributed by atoms with Crippen molar-refractivity contribution >= 4 is 0 Å². The maximum Gasteiger partial charge on any atom is 0.360 e. The third-order valence-corrected chi connectivity index (χ3v) is 0.515. The number of rotatable bonds is 2. The molecule has 5 heteroatoms. The molecule has 0 aliphatic heterocycles. The summed E-state index contributed by atoms with van der Waals surface area (Å²) >= 11 is 0. The highest BCUT2D eigenvalue weighted by Gasteiger charge is 1.90. The van der Waals surface area contributed by atoms with Crippen LogP contribution in [0.4, 0.5) is 0 Å². The lowest BCUT2D eigenvalue weighted by atomic mass is 11.1. The fraction of sp³-hybridized carbons (Fsp3) is 0. The van der Waals surface area contributed by atoms with Gasteiger partial charge in [0.2, 0.25) is 0 Å². The van der Waals surface area contributed by atoms with Crippen molar-refractivity contribution in [3.63, 3.8) is 0 Å². The third-order valence-electron chi connectivity index (χ3n) is 0.515.